The van der Waals surface area contributed by atoms with Gasteiger partial charge in [-0.3, -0.25) is 0 Å². The zero-order chi connectivity index (χ0) is 13.9. The second kappa shape index (κ2) is 6.33. The van der Waals surface area contributed by atoms with Crippen LogP contribution in [0.2, 0.25) is 0 Å². The number of rotatable bonds is 3. The van der Waals surface area contributed by atoms with Crippen LogP contribution in [0.4, 0.5) is 0 Å². The average molecular weight is 348 g/mol. The Balaban J connectivity index is 1.79. The Morgan fingerprint density at radius 2 is 2.05 bits per heavy atom. The lowest BCUT2D eigenvalue weighted by Crippen LogP contribution is -2.27. The number of hydrogen-bond donors (Lipinski definition) is 1. The maximum absolute atomic E-state index is 3.78. The molecule has 0 fully saturated rings. The SMILES string of the molecule is CC(NC1CCSc2ccccc21)c1cccc(Br)c1. The van der Waals surface area contributed by atoms with Crippen LogP contribution in [0.3, 0.4) is 0 Å². The third kappa shape index (κ3) is 3.11. The molecule has 1 heterocycles. The molecular weight excluding hydrogens is 330 g/mol. The summed E-state index contributed by atoms with van der Waals surface area (Å²) in [4.78, 5) is 1.43. The van der Waals surface area contributed by atoms with E-state index in [4.69, 9.17) is 0 Å². The van der Waals surface area contributed by atoms with Crippen LogP contribution in [0.15, 0.2) is 57.9 Å². The molecule has 0 saturated heterocycles. The quantitative estimate of drug-likeness (QED) is 0.804. The lowest BCUT2D eigenvalue weighted by Gasteiger charge is -2.29. The first kappa shape index (κ1) is 14.2. The predicted molar refractivity (Wildman–Crippen MR) is 90.2 cm³/mol. The summed E-state index contributed by atoms with van der Waals surface area (Å²) in [6.45, 7) is 2.24. The number of fused-ring (bicyclic) bond motifs is 1. The minimum Gasteiger partial charge on any atom is -0.303 e. The highest BCUT2D eigenvalue weighted by Crippen LogP contribution is 2.37. The first-order chi connectivity index (χ1) is 9.74. The van der Waals surface area contributed by atoms with Crippen molar-refractivity contribution in [2.24, 2.45) is 0 Å². The van der Waals surface area contributed by atoms with Crippen LogP contribution in [0.25, 0.3) is 0 Å². The summed E-state index contributed by atoms with van der Waals surface area (Å²) in [5, 5.41) is 3.78. The average Bonchev–Trinajstić information content (AvgIpc) is 2.47. The number of thioether (sulfide) groups is 1. The van der Waals surface area contributed by atoms with Gasteiger partial charge in [0.1, 0.15) is 0 Å². The molecule has 1 aliphatic heterocycles. The fourth-order valence-corrected chi connectivity index (χ4v) is 4.23. The third-order valence-corrected chi connectivity index (χ3v) is 5.37. The predicted octanol–water partition coefficient (Wildman–Crippen LogP) is 5.34. The minimum atomic E-state index is 0.355. The molecule has 3 heteroatoms. The van der Waals surface area contributed by atoms with E-state index in [9.17, 15) is 0 Å². The molecule has 3 rings (SSSR count). The van der Waals surface area contributed by atoms with Gasteiger partial charge in [0.05, 0.1) is 0 Å². The van der Waals surface area contributed by atoms with Gasteiger partial charge in [0, 0.05) is 21.5 Å². The van der Waals surface area contributed by atoms with Gasteiger partial charge in [-0.25, -0.2) is 0 Å². The zero-order valence-electron chi connectivity index (χ0n) is 11.5. The molecule has 0 aromatic heterocycles. The van der Waals surface area contributed by atoms with E-state index in [1.807, 2.05) is 11.8 Å². The third-order valence-electron chi connectivity index (χ3n) is 3.76. The van der Waals surface area contributed by atoms with Crippen LogP contribution < -0.4 is 5.32 Å². The smallest absolute Gasteiger partial charge is 0.0344 e. The van der Waals surface area contributed by atoms with Crippen molar-refractivity contribution < 1.29 is 0 Å². The van der Waals surface area contributed by atoms with Crippen molar-refractivity contribution in [3.8, 4) is 0 Å². The normalized spacial score (nSPS) is 19.4. The fraction of sp³-hybridized carbons (Fsp3) is 0.294. The van der Waals surface area contributed by atoms with Gasteiger partial charge in [0.15, 0.2) is 0 Å². The molecular formula is C17H18BrNS. The van der Waals surface area contributed by atoms with E-state index >= 15 is 0 Å². The Kier molecular flexibility index (Phi) is 4.49. The largest absolute Gasteiger partial charge is 0.303 e. The van der Waals surface area contributed by atoms with Crippen molar-refractivity contribution in [2.45, 2.75) is 30.3 Å². The van der Waals surface area contributed by atoms with Crippen molar-refractivity contribution in [1.29, 1.82) is 0 Å². The van der Waals surface area contributed by atoms with Gasteiger partial charge in [-0.1, -0.05) is 46.3 Å². The van der Waals surface area contributed by atoms with Crippen molar-refractivity contribution in [3.63, 3.8) is 0 Å². The van der Waals surface area contributed by atoms with Crippen LogP contribution in [0, 0.1) is 0 Å². The molecule has 0 bridgehead atoms. The minimum absolute atomic E-state index is 0.355. The molecule has 0 radical (unpaired) electrons. The molecule has 2 aromatic carbocycles. The maximum atomic E-state index is 3.78. The molecule has 1 N–H and O–H groups in total. The van der Waals surface area contributed by atoms with Crippen LogP contribution >= 0.6 is 27.7 Å². The summed E-state index contributed by atoms with van der Waals surface area (Å²) in [5.41, 5.74) is 2.78. The molecule has 2 atom stereocenters. The van der Waals surface area contributed by atoms with Crippen LogP contribution in [0.1, 0.15) is 36.6 Å². The summed E-state index contributed by atoms with van der Waals surface area (Å²) >= 11 is 5.52. The number of hydrogen-bond acceptors (Lipinski definition) is 2. The van der Waals surface area contributed by atoms with E-state index in [1.54, 1.807) is 0 Å². The zero-order valence-corrected chi connectivity index (χ0v) is 13.9. The Morgan fingerprint density at radius 1 is 1.20 bits per heavy atom. The molecule has 20 heavy (non-hydrogen) atoms. The molecule has 2 aromatic rings. The van der Waals surface area contributed by atoms with E-state index in [1.165, 1.54) is 28.2 Å². The fourth-order valence-electron chi connectivity index (χ4n) is 2.69. The van der Waals surface area contributed by atoms with Crippen LogP contribution in [-0.4, -0.2) is 5.75 Å². The summed E-state index contributed by atoms with van der Waals surface area (Å²) < 4.78 is 1.14. The molecule has 0 amide bonds. The first-order valence-electron chi connectivity index (χ1n) is 6.97. The van der Waals surface area contributed by atoms with E-state index in [0.29, 0.717) is 12.1 Å². The monoisotopic (exact) mass is 347 g/mol. The molecule has 0 aliphatic carbocycles. The molecule has 1 nitrogen and oxygen atoms in total. The Morgan fingerprint density at radius 3 is 2.90 bits per heavy atom. The lowest BCUT2D eigenvalue weighted by molar-refractivity contribution is 0.450. The summed E-state index contributed by atoms with van der Waals surface area (Å²) in [6.07, 6.45) is 1.19. The molecule has 1 aliphatic rings. The van der Waals surface area contributed by atoms with Gasteiger partial charge in [-0.05, 0) is 48.4 Å². The van der Waals surface area contributed by atoms with Crippen LogP contribution in [0.5, 0.6) is 0 Å². The lowest BCUT2D eigenvalue weighted by atomic mass is 10.0. The summed E-state index contributed by atoms with van der Waals surface area (Å²) in [6, 6.07) is 18.1. The van der Waals surface area contributed by atoms with Crippen molar-refractivity contribution in [1.82, 2.24) is 5.32 Å². The van der Waals surface area contributed by atoms with E-state index in [-0.39, 0.29) is 0 Å². The van der Waals surface area contributed by atoms with E-state index < -0.39 is 0 Å². The topological polar surface area (TPSA) is 12.0 Å². The standard InChI is InChI=1S/C17H18BrNS/c1-12(13-5-4-6-14(18)11-13)19-16-9-10-20-17-8-3-2-7-15(16)17/h2-8,11-12,16,19H,9-10H2,1H3. The van der Waals surface area contributed by atoms with Crippen molar-refractivity contribution >= 4 is 27.7 Å². The summed E-state index contributed by atoms with van der Waals surface area (Å²) in [7, 11) is 0. The molecule has 2 unspecified atom stereocenters. The highest BCUT2D eigenvalue weighted by atomic mass is 79.9. The second-order valence-corrected chi connectivity index (χ2v) is 7.22. The highest BCUT2D eigenvalue weighted by Gasteiger charge is 2.21. The van der Waals surface area contributed by atoms with Crippen molar-refractivity contribution in [2.75, 3.05) is 5.75 Å². The number of benzene rings is 2. The van der Waals surface area contributed by atoms with Gasteiger partial charge in [0.25, 0.3) is 0 Å². The van der Waals surface area contributed by atoms with E-state index in [2.05, 4.69) is 76.7 Å². The first-order valence-corrected chi connectivity index (χ1v) is 8.75. The number of nitrogens with one attached hydrogen (secondary N) is 1. The van der Waals surface area contributed by atoms with Crippen LogP contribution in [-0.2, 0) is 0 Å². The Labute approximate surface area is 133 Å². The Hall–Kier alpha value is -0.770. The van der Waals surface area contributed by atoms with Crippen molar-refractivity contribution in [3.05, 3.63) is 64.1 Å². The van der Waals surface area contributed by atoms with Gasteiger partial charge >= 0.3 is 0 Å². The van der Waals surface area contributed by atoms with Gasteiger partial charge in [-0.15, -0.1) is 11.8 Å². The maximum Gasteiger partial charge on any atom is 0.0344 e. The molecule has 104 valence electrons. The molecule has 0 spiro atoms. The van der Waals surface area contributed by atoms with Gasteiger partial charge in [-0.2, -0.15) is 0 Å². The van der Waals surface area contributed by atoms with Gasteiger partial charge < -0.3 is 5.32 Å². The summed E-state index contributed by atoms with van der Waals surface area (Å²) in [5.74, 6) is 1.19. The van der Waals surface area contributed by atoms with Gasteiger partial charge in [0.2, 0.25) is 0 Å². The second-order valence-electron chi connectivity index (χ2n) is 5.17. The van der Waals surface area contributed by atoms with E-state index in [0.717, 1.165) is 4.47 Å². The highest BCUT2D eigenvalue weighted by molar-refractivity contribution is 9.10. The Bertz CT molecular complexity index is 599. The molecule has 0 saturated carbocycles. The number of halogens is 1.